The fourth-order valence-electron chi connectivity index (χ4n) is 1.82. The maximum atomic E-state index is 4.43. The zero-order valence-corrected chi connectivity index (χ0v) is 11.5. The molecule has 0 radical (unpaired) electrons. The van der Waals surface area contributed by atoms with Crippen molar-refractivity contribution < 1.29 is 0 Å². The largest absolute Gasteiger partial charge is 0.369 e. The number of nitrogens with one attached hydrogen (secondary N) is 2. The molecule has 2 heterocycles. The van der Waals surface area contributed by atoms with Crippen molar-refractivity contribution in [2.24, 2.45) is 4.99 Å². The van der Waals surface area contributed by atoms with E-state index in [1.54, 1.807) is 6.20 Å². The summed E-state index contributed by atoms with van der Waals surface area (Å²) in [5.74, 6) is 0. The first kappa shape index (κ1) is 13.7. The molecule has 0 bridgehead atoms. The van der Waals surface area contributed by atoms with E-state index in [1.165, 1.54) is 0 Å². The summed E-state index contributed by atoms with van der Waals surface area (Å²) in [5.41, 5.74) is 1.75. The molecule has 0 aromatic carbocycles. The van der Waals surface area contributed by atoms with Crippen LogP contribution in [-0.2, 0) is 0 Å². The van der Waals surface area contributed by atoms with E-state index in [0.29, 0.717) is 0 Å². The summed E-state index contributed by atoms with van der Waals surface area (Å²) >= 11 is 0. The molecule has 5 heteroatoms. The van der Waals surface area contributed by atoms with E-state index in [4.69, 9.17) is 0 Å². The molecule has 102 valence electrons. The monoisotopic (exact) mass is 259 g/mol. The zero-order chi connectivity index (χ0) is 13.5. The summed E-state index contributed by atoms with van der Waals surface area (Å²) in [6, 6.07) is 5.82. The minimum absolute atomic E-state index is 0.106. The van der Waals surface area contributed by atoms with Crippen LogP contribution < -0.4 is 10.6 Å². The van der Waals surface area contributed by atoms with E-state index in [0.717, 1.165) is 30.9 Å². The molecule has 0 amide bonds. The zero-order valence-electron chi connectivity index (χ0n) is 11.5. The Morgan fingerprint density at radius 1 is 1.37 bits per heavy atom. The van der Waals surface area contributed by atoms with E-state index in [9.17, 15) is 0 Å². The van der Waals surface area contributed by atoms with Crippen LogP contribution in [0, 0.1) is 0 Å². The van der Waals surface area contributed by atoms with Crippen molar-refractivity contribution in [3.05, 3.63) is 36.3 Å². The molecule has 0 spiro atoms. The van der Waals surface area contributed by atoms with E-state index < -0.39 is 0 Å². The summed E-state index contributed by atoms with van der Waals surface area (Å²) < 4.78 is 0. The highest BCUT2D eigenvalue weighted by Crippen LogP contribution is 2.13. The normalized spacial score (nSPS) is 18.3. The van der Waals surface area contributed by atoms with Gasteiger partial charge in [-0.2, -0.15) is 0 Å². The lowest BCUT2D eigenvalue weighted by Crippen LogP contribution is -2.43. The van der Waals surface area contributed by atoms with Gasteiger partial charge in [-0.15, -0.1) is 0 Å². The second-order valence-electron chi connectivity index (χ2n) is 4.78. The Morgan fingerprint density at radius 3 is 2.89 bits per heavy atom. The number of pyridine rings is 1. The summed E-state index contributed by atoms with van der Waals surface area (Å²) in [6.45, 7) is 2.06. The average Bonchev–Trinajstić information content (AvgIpc) is 2.45. The molecule has 0 saturated carbocycles. The first-order valence-electron chi connectivity index (χ1n) is 6.55. The molecular weight excluding hydrogens is 238 g/mol. The van der Waals surface area contributed by atoms with Gasteiger partial charge in [0, 0.05) is 18.6 Å². The van der Waals surface area contributed by atoms with Crippen molar-refractivity contribution in [1.29, 1.82) is 0 Å². The molecule has 1 aromatic rings. The first-order valence-corrected chi connectivity index (χ1v) is 6.55. The molecule has 1 atom stereocenters. The average molecular weight is 259 g/mol. The second kappa shape index (κ2) is 7.01. The molecule has 1 unspecified atom stereocenters. The minimum atomic E-state index is 0.106. The van der Waals surface area contributed by atoms with Gasteiger partial charge in [-0.1, -0.05) is 6.07 Å². The highest BCUT2D eigenvalue weighted by atomic mass is 15.1. The van der Waals surface area contributed by atoms with Crippen LogP contribution in [0.15, 0.2) is 35.6 Å². The molecule has 2 rings (SSSR count). The minimum Gasteiger partial charge on any atom is -0.369 e. The van der Waals surface area contributed by atoms with E-state index in [-0.39, 0.29) is 6.17 Å². The quantitative estimate of drug-likeness (QED) is 0.746. The van der Waals surface area contributed by atoms with Crippen LogP contribution in [0.3, 0.4) is 0 Å². The Morgan fingerprint density at radius 2 is 2.26 bits per heavy atom. The van der Waals surface area contributed by atoms with Crippen molar-refractivity contribution >= 4 is 11.9 Å². The molecule has 1 aliphatic heterocycles. The third-order valence-corrected chi connectivity index (χ3v) is 2.84. The van der Waals surface area contributed by atoms with Gasteiger partial charge in [0.1, 0.15) is 11.9 Å². The Bertz CT molecular complexity index is 438. The maximum absolute atomic E-state index is 4.43. The summed E-state index contributed by atoms with van der Waals surface area (Å²) in [5, 5.41) is 6.68. The highest BCUT2D eigenvalue weighted by molar-refractivity contribution is 5.77. The Kier molecular flexibility index (Phi) is 5.06. The van der Waals surface area contributed by atoms with Crippen molar-refractivity contribution in [2.45, 2.75) is 12.6 Å². The molecule has 0 fully saturated rings. The van der Waals surface area contributed by atoms with Crippen molar-refractivity contribution in [1.82, 2.24) is 20.5 Å². The van der Waals surface area contributed by atoms with Crippen LogP contribution in [0.25, 0.3) is 5.70 Å². The van der Waals surface area contributed by atoms with Crippen LogP contribution >= 0.6 is 0 Å². The van der Waals surface area contributed by atoms with Crippen molar-refractivity contribution in [2.75, 3.05) is 27.2 Å². The number of aliphatic imine (C=N–C) groups is 1. The van der Waals surface area contributed by atoms with Crippen LogP contribution in [0.1, 0.15) is 12.1 Å². The van der Waals surface area contributed by atoms with Crippen molar-refractivity contribution in [3.8, 4) is 0 Å². The summed E-state index contributed by atoms with van der Waals surface area (Å²) in [6.07, 6.45) is 6.80. The lowest BCUT2D eigenvalue weighted by molar-refractivity contribution is 0.390. The Balaban J connectivity index is 1.76. The summed E-state index contributed by atoms with van der Waals surface area (Å²) in [7, 11) is 4.17. The number of hydrogen-bond acceptors (Lipinski definition) is 5. The van der Waals surface area contributed by atoms with Crippen LogP contribution in [0.5, 0.6) is 0 Å². The molecule has 5 nitrogen and oxygen atoms in total. The predicted molar refractivity (Wildman–Crippen MR) is 78.8 cm³/mol. The van der Waals surface area contributed by atoms with Gasteiger partial charge >= 0.3 is 0 Å². The van der Waals surface area contributed by atoms with Crippen LogP contribution in [0.2, 0.25) is 0 Å². The van der Waals surface area contributed by atoms with Crippen LogP contribution in [-0.4, -0.2) is 49.4 Å². The predicted octanol–water partition coefficient (Wildman–Crippen LogP) is 0.921. The highest BCUT2D eigenvalue weighted by Gasteiger charge is 2.09. The van der Waals surface area contributed by atoms with Gasteiger partial charge in [0.2, 0.25) is 0 Å². The van der Waals surface area contributed by atoms with Gasteiger partial charge in [-0.3, -0.25) is 15.3 Å². The molecule has 2 N–H and O–H groups in total. The van der Waals surface area contributed by atoms with Gasteiger partial charge in [0.25, 0.3) is 0 Å². The Labute approximate surface area is 114 Å². The molecule has 1 aromatic heterocycles. The topological polar surface area (TPSA) is 52.5 Å². The molecule has 19 heavy (non-hydrogen) atoms. The fourth-order valence-corrected chi connectivity index (χ4v) is 1.82. The number of aromatic nitrogens is 1. The smallest absolute Gasteiger partial charge is 0.113 e. The summed E-state index contributed by atoms with van der Waals surface area (Å²) in [4.78, 5) is 10.9. The molecular formula is C14H21N5. The third-order valence-electron chi connectivity index (χ3n) is 2.84. The first-order chi connectivity index (χ1) is 9.25. The fraction of sp³-hybridized carbons (Fsp3) is 0.429. The lowest BCUT2D eigenvalue weighted by atomic mass is 10.2. The van der Waals surface area contributed by atoms with E-state index >= 15 is 0 Å². The van der Waals surface area contributed by atoms with E-state index in [2.05, 4.69) is 39.6 Å². The van der Waals surface area contributed by atoms with Crippen molar-refractivity contribution in [3.63, 3.8) is 0 Å². The molecule has 1 aliphatic rings. The van der Waals surface area contributed by atoms with Crippen LogP contribution in [0.4, 0.5) is 0 Å². The number of nitrogens with zero attached hydrogens (tertiary/aromatic N) is 3. The SMILES string of the molecule is CN(C)CCCNC1C=NC(c2ccccn2)=CN1. The molecule has 0 saturated heterocycles. The lowest BCUT2D eigenvalue weighted by Gasteiger charge is -2.19. The van der Waals surface area contributed by atoms with Gasteiger partial charge < -0.3 is 10.2 Å². The Hall–Kier alpha value is -1.72. The van der Waals surface area contributed by atoms with E-state index in [1.807, 2.05) is 30.6 Å². The van der Waals surface area contributed by atoms with Gasteiger partial charge in [-0.25, -0.2) is 0 Å². The van der Waals surface area contributed by atoms with Gasteiger partial charge in [0.05, 0.1) is 5.69 Å². The second-order valence-corrected chi connectivity index (χ2v) is 4.78. The van der Waals surface area contributed by atoms with Gasteiger partial charge in [-0.05, 0) is 45.7 Å². The van der Waals surface area contributed by atoms with Gasteiger partial charge in [0.15, 0.2) is 0 Å². The number of hydrogen-bond donors (Lipinski definition) is 2. The molecule has 0 aliphatic carbocycles. The number of rotatable bonds is 6. The standard InChI is InChI=1S/C14H21N5/c1-19(2)9-5-8-16-14-11-17-13(10-18-14)12-6-3-4-7-15-12/h3-4,6-7,10-11,14,16,18H,5,8-9H2,1-2H3. The third kappa shape index (κ3) is 4.46. The maximum Gasteiger partial charge on any atom is 0.113 e.